The second-order valence-corrected chi connectivity index (χ2v) is 6.75. The number of methoxy groups -OCH3 is 2. The maximum atomic E-state index is 12.2. The Labute approximate surface area is 141 Å². The molecule has 0 bridgehead atoms. The molecular formula is C14H15F3O7S. The fourth-order valence-corrected chi connectivity index (χ4v) is 2.77. The molecule has 1 aliphatic rings. The van der Waals surface area contributed by atoms with Crippen LogP contribution in [0.3, 0.4) is 0 Å². The number of carbonyl (C=O) groups is 1. The number of hydrogen-bond acceptors (Lipinski definition) is 7. The summed E-state index contributed by atoms with van der Waals surface area (Å²) in [6.45, 7) is 0. The number of halogens is 3. The molecule has 2 rings (SSSR count). The monoisotopic (exact) mass is 384 g/mol. The van der Waals surface area contributed by atoms with Crippen LogP contribution in [0.25, 0.3) is 0 Å². The van der Waals surface area contributed by atoms with Gasteiger partial charge in [-0.1, -0.05) is 0 Å². The summed E-state index contributed by atoms with van der Waals surface area (Å²) < 4.78 is 77.7. The van der Waals surface area contributed by atoms with E-state index in [0.717, 1.165) is 0 Å². The summed E-state index contributed by atoms with van der Waals surface area (Å²) in [6, 6.07) is 4.31. The fraction of sp³-hybridized carbons (Fsp3) is 0.500. The predicted octanol–water partition coefficient (Wildman–Crippen LogP) is 2.26. The van der Waals surface area contributed by atoms with Crippen LogP contribution in [-0.4, -0.2) is 46.3 Å². The molecule has 0 N–H and O–H groups in total. The highest BCUT2D eigenvalue weighted by Crippen LogP contribution is 2.35. The van der Waals surface area contributed by atoms with Gasteiger partial charge in [-0.25, -0.2) is 4.79 Å². The Morgan fingerprint density at radius 2 is 1.80 bits per heavy atom. The minimum Gasteiger partial charge on any atom is -0.496 e. The smallest absolute Gasteiger partial charge is 0.496 e. The number of rotatable bonds is 6. The largest absolute Gasteiger partial charge is 0.523 e. The molecule has 0 atom stereocenters. The van der Waals surface area contributed by atoms with Crippen molar-refractivity contribution in [2.75, 3.05) is 14.2 Å². The van der Waals surface area contributed by atoms with Crippen LogP contribution in [-0.2, 0) is 19.0 Å². The van der Waals surface area contributed by atoms with Crippen molar-refractivity contribution in [3.63, 3.8) is 0 Å². The number of alkyl halides is 3. The van der Waals surface area contributed by atoms with Crippen LogP contribution in [0.4, 0.5) is 13.2 Å². The fourth-order valence-electron chi connectivity index (χ4n) is 2.14. The second-order valence-electron chi connectivity index (χ2n) is 5.18. The molecule has 1 aromatic carbocycles. The van der Waals surface area contributed by atoms with E-state index >= 15 is 0 Å². The van der Waals surface area contributed by atoms with Crippen LogP contribution in [0.2, 0.25) is 0 Å². The quantitative estimate of drug-likeness (QED) is 0.422. The minimum absolute atomic E-state index is 0.0175. The zero-order valence-electron chi connectivity index (χ0n) is 13.2. The maximum Gasteiger partial charge on any atom is 0.523 e. The summed E-state index contributed by atoms with van der Waals surface area (Å²) in [6.07, 6.45) is -1.64. The van der Waals surface area contributed by atoms with Crippen molar-refractivity contribution in [1.29, 1.82) is 0 Å². The van der Waals surface area contributed by atoms with Gasteiger partial charge >= 0.3 is 21.6 Å². The average molecular weight is 384 g/mol. The number of ether oxygens (including phenoxy) is 3. The normalized spacial score (nSPS) is 20.5. The molecule has 1 aromatic rings. The van der Waals surface area contributed by atoms with Crippen molar-refractivity contribution in [3.8, 4) is 11.5 Å². The molecule has 7 nitrogen and oxygen atoms in total. The molecule has 0 aliphatic heterocycles. The SMILES string of the molecule is COC(=O)c1ccc(O[C@H]2C[C@@H](OS(=O)(=O)C(F)(F)F)C2)cc1OC. The molecule has 1 fully saturated rings. The number of benzene rings is 1. The van der Waals surface area contributed by atoms with Gasteiger partial charge in [0.1, 0.15) is 23.2 Å². The molecule has 1 saturated carbocycles. The Hall–Kier alpha value is -2.01. The van der Waals surface area contributed by atoms with Crippen LogP contribution in [0.1, 0.15) is 23.2 Å². The van der Waals surface area contributed by atoms with Crippen molar-refractivity contribution in [2.45, 2.75) is 30.6 Å². The molecule has 11 heteroatoms. The molecule has 0 saturated heterocycles. The van der Waals surface area contributed by atoms with Crippen LogP contribution < -0.4 is 9.47 Å². The first kappa shape index (κ1) is 19.3. The molecule has 0 heterocycles. The molecular weight excluding hydrogens is 369 g/mol. The van der Waals surface area contributed by atoms with Crippen LogP contribution in [0.5, 0.6) is 11.5 Å². The molecule has 0 amide bonds. The summed E-state index contributed by atoms with van der Waals surface area (Å²) in [4.78, 5) is 11.5. The summed E-state index contributed by atoms with van der Waals surface area (Å²) in [7, 11) is -3.04. The Kier molecular flexibility index (Phi) is 5.47. The predicted molar refractivity (Wildman–Crippen MR) is 77.8 cm³/mol. The van der Waals surface area contributed by atoms with E-state index in [0.29, 0.717) is 5.75 Å². The van der Waals surface area contributed by atoms with E-state index in [1.807, 2.05) is 0 Å². The highest BCUT2D eigenvalue weighted by molar-refractivity contribution is 7.87. The third-order valence-electron chi connectivity index (χ3n) is 3.48. The van der Waals surface area contributed by atoms with Crippen LogP contribution in [0.15, 0.2) is 18.2 Å². The van der Waals surface area contributed by atoms with E-state index in [-0.39, 0.29) is 24.2 Å². The first-order valence-corrected chi connectivity index (χ1v) is 8.40. The Morgan fingerprint density at radius 1 is 1.16 bits per heavy atom. The van der Waals surface area contributed by atoms with Gasteiger partial charge in [0.05, 0.1) is 20.3 Å². The topological polar surface area (TPSA) is 88.1 Å². The minimum atomic E-state index is -5.61. The molecule has 25 heavy (non-hydrogen) atoms. The lowest BCUT2D eigenvalue weighted by Crippen LogP contribution is -2.42. The third-order valence-corrected chi connectivity index (χ3v) is 4.57. The van der Waals surface area contributed by atoms with Crippen LogP contribution in [0, 0.1) is 0 Å². The molecule has 0 aromatic heterocycles. The molecule has 140 valence electrons. The lowest BCUT2D eigenvalue weighted by atomic mass is 9.92. The van der Waals surface area contributed by atoms with Gasteiger partial charge in [-0.3, -0.25) is 4.18 Å². The lowest BCUT2D eigenvalue weighted by molar-refractivity contribution is -0.0677. The van der Waals surface area contributed by atoms with E-state index in [2.05, 4.69) is 8.92 Å². The zero-order valence-corrected chi connectivity index (χ0v) is 14.0. The Balaban J connectivity index is 1.94. The maximum absolute atomic E-state index is 12.2. The molecule has 0 radical (unpaired) electrons. The van der Waals surface area contributed by atoms with Crippen molar-refractivity contribution in [3.05, 3.63) is 23.8 Å². The van der Waals surface area contributed by atoms with Gasteiger partial charge in [-0.05, 0) is 12.1 Å². The highest BCUT2D eigenvalue weighted by Gasteiger charge is 2.50. The molecule has 1 aliphatic carbocycles. The van der Waals surface area contributed by atoms with Gasteiger partial charge in [-0.2, -0.15) is 21.6 Å². The van der Waals surface area contributed by atoms with Crippen LogP contribution >= 0.6 is 0 Å². The summed E-state index contributed by atoms with van der Waals surface area (Å²) >= 11 is 0. The average Bonchev–Trinajstić information content (AvgIpc) is 2.50. The third kappa shape index (κ3) is 4.34. The van der Waals surface area contributed by atoms with E-state index in [4.69, 9.17) is 9.47 Å². The van der Waals surface area contributed by atoms with Crippen molar-refractivity contribution in [2.24, 2.45) is 0 Å². The highest BCUT2D eigenvalue weighted by atomic mass is 32.2. The van der Waals surface area contributed by atoms with Gasteiger partial charge in [0.15, 0.2) is 0 Å². The summed E-state index contributed by atoms with van der Waals surface area (Å²) in [5, 5.41) is 0. The van der Waals surface area contributed by atoms with Gasteiger partial charge in [0.2, 0.25) is 0 Å². The second kappa shape index (κ2) is 7.08. The number of esters is 1. The van der Waals surface area contributed by atoms with E-state index in [9.17, 15) is 26.4 Å². The van der Waals surface area contributed by atoms with E-state index in [1.54, 1.807) is 0 Å². The van der Waals surface area contributed by atoms with E-state index in [1.165, 1.54) is 32.4 Å². The van der Waals surface area contributed by atoms with Crippen molar-refractivity contribution < 1.29 is 44.8 Å². The Bertz CT molecular complexity index is 739. The standard InChI is InChI=1S/C14H15F3O7S/c1-21-12-7-8(3-4-11(12)13(18)22-2)23-9-5-10(6-9)24-25(19,20)14(15,16)17/h3-4,7,9-10H,5-6H2,1-2H3/t9-,10+. The van der Waals surface area contributed by atoms with Crippen molar-refractivity contribution >= 4 is 16.1 Å². The first-order chi connectivity index (χ1) is 11.6. The van der Waals surface area contributed by atoms with Gasteiger partial charge in [0.25, 0.3) is 0 Å². The summed E-state index contributed by atoms with van der Waals surface area (Å²) in [5.74, 6) is -0.0828. The summed E-state index contributed by atoms with van der Waals surface area (Å²) in [5.41, 5.74) is -5.26. The first-order valence-electron chi connectivity index (χ1n) is 7.00. The van der Waals surface area contributed by atoms with Gasteiger partial charge in [-0.15, -0.1) is 0 Å². The van der Waals surface area contributed by atoms with Gasteiger partial charge in [0, 0.05) is 18.9 Å². The molecule has 0 unspecified atom stereocenters. The number of hydrogen-bond donors (Lipinski definition) is 0. The Morgan fingerprint density at radius 3 is 2.32 bits per heavy atom. The number of carbonyl (C=O) groups excluding carboxylic acids is 1. The zero-order chi connectivity index (χ0) is 18.8. The van der Waals surface area contributed by atoms with Gasteiger partial charge < -0.3 is 14.2 Å². The van der Waals surface area contributed by atoms with E-state index < -0.39 is 33.8 Å². The van der Waals surface area contributed by atoms with Crippen molar-refractivity contribution in [1.82, 2.24) is 0 Å². The lowest BCUT2D eigenvalue weighted by Gasteiger charge is -2.34. The molecule has 0 spiro atoms.